The Bertz CT molecular complexity index is 631. The van der Waals surface area contributed by atoms with Crippen LogP contribution in [0.1, 0.15) is 23.0 Å². The quantitative estimate of drug-likeness (QED) is 0.798. The lowest BCUT2D eigenvalue weighted by atomic mass is 10.1. The molecule has 0 radical (unpaired) electrons. The molecule has 0 fully saturated rings. The topological polar surface area (TPSA) is 59.7 Å². The first kappa shape index (κ1) is 13.4. The molecule has 0 aliphatic carbocycles. The second-order valence-electron chi connectivity index (χ2n) is 3.65. The molecule has 0 saturated heterocycles. The summed E-state index contributed by atoms with van der Waals surface area (Å²) in [5.41, 5.74) is 0.683. The van der Waals surface area contributed by atoms with E-state index in [1.807, 2.05) is 0 Å². The minimum absolute atomic E-state index is 0.0342. The molecule has 4 nitrogen and oxygen atoms in total. The summed E-state index contributed by atoms with van der Waals surface area (Å²) < 4.78 is 11.6. The van der Waals surface area contributed by atoms with Crippen LogP contribution in [0.3, 0.4) is 0 Å². The van der Waals surface area contributed by atoms with Crippen LogP contribution in [0.4, 0.5) is 0 Å². The van der Waals surface area contributed by atoms with Crippen LogP contribution >= 0.6 is 31.9 Å². The lowest BCUT2D eigenvalue weighted by Gasteiger charge is -2.03. The van der Waals surface area contributed by atoms with Crippen LogP contribution in [0.25, 0.3) is 11.0 Å². The number of aromatic hydroxyl groups is 1. The first-order valence-corrected chi connectivity index (χ1v) is 6.83. The first-order chi connectivity index (χ1) is 8.47. The van der Waals surface area contributed by atoms with Crippen LogP contribution in [-0.4, -0.2) is 17.7 Å². The summed E-state index contributed by atoms with van der Waals surface area (Å²) in [5.74, 6) is -0.125. The van der Waals surface area contributed by atoms with E-state index in [0.29, 0.717) is 25.7 Å². The summed E-state index contributed by atoms with van der Waals surface area (Å²) >= 11 is 6.56. The van der Waals surface area contributed by atoms with Gasteiger partial charge in [-0.15, -0.1) is 0 Å². The van der Waals surface area contributed by atoms with Gasteiger partial charge in [-0.1, -0.05) is 0 Å². The van der Waals surface area contributed by atoms with Gasteiger partial charge in [0.15, 0.2) is 5.58 Å². The Balaban J connectivity index is 2.81. The van der Waals surface area contributed by atoms with E-state index in [9.17, 15) is 9.90 Å². The maximum atomic E-state index is 11.9. The molecule has 2 aromatic rings. The molecule has 96 valence electrons. The fraction of sp³-hybridized carbons (Fsp3) is 0.250. The Morgan fingerprint density at radius 2 is 2.11 bits per heavy atom. The number of hydrogen-bond donors (Lipinski definition) is 1. The molecule has 0 aliphatic rings. The van der Waals surface area contributed by atoms with Crippen molar-refractivity contribution in [3.63, 3.8) is 0 Å². The first-order valence-electron chi connectivity index (χ1n) is 5.24. The second kappa shape index (κ2) is 4.93. The molecule has 0 bridgehead atoms. The third-order valence-electron chi connectivity index (χ3n) is 2.50. The smallest absolute Gasteiger partial charge is 0.342 e. The van der Waals surface area contributed by atoms with E-state index in [1.165, 1.54) is 0 Å². The van der Waals surface area contributed by atoms with Crippen LogP contribution in [-0.2, 0) is 4.74 Å². The van der Waals surface area contributed by atoms with Crippen molar-refractivity contribution in [2.45, 2.75) is 13.8 Å². The number of carbonyl (C=O) groups excluding carboxylic acids is 1. The van der Waals surface area contributed by atoms with Crippen molar-refractivity contribution in [1.29, 1.82) is 0 Å². The normalized spacial score (nSPS) is 10.9. The Labute approximate surface area is 120 Å². The Hall–Kier alpha value is -1.01. The third kappa shape index (κ3) is 2.03. The molecule has 0 atom stereocenters. The minimum atomic E-state index is -0.506. The van der Waals surface area contributed by atoms with Gasteiger partial charge in [-0.05, 0) is 51.8 Å². The van der Waals surface area contributed by atoms with Crippen LogP contribution in [0.5, 0.6) is 5.75 Å². The van der Waals surface area contributed by atoms with Gasteiger partial charge in [0.1, 0.15) is 17.1 Å². The van der Waals surface area contributed by atoms with Gasteiger partial charge in [-0.2, -0.15) is 0 Å². The lowest BCUT2D eigenvalue weighted by Crippen LogP contribution is -2.05. The number of aryl methyl sites for hydroxylation is 1. The Morgan fingerprint density at radius 3 is 2.72 bits per heavy atom. The van der Waals surface area contributed by atoms with Crippen molar-refractivity contribution in [1.82, 2.24) is 0 Å². The highest BCUT2D eigenvalue weighted by Crippen LogP contribution is 2.42. The number of phenolic OH excluding ortho intramolecular Hbond substituents is 1. The van der Waals surface area contributed by atoms with Gasteiger partial charge in [0.2, 0.25) is 0 Å². The molecular formula is C12H10Br2O4. The number of hydrogen-bond acceptors (Lipinski definition) is 4. The molecule has 1 heterocycles. The highest BCUT2D eigenvalue weighted by molar-refractivity contribution is 9.11. The molecule has 1 aromatic heterocycles. The number of halogens is 2. The van der Waals surface area contributed by atoms with E-state index in [-0.39, 0.29) is 17.9 Å². The zero-order chi connectivity index (χ0) is 13.4. The van der Waals surface area contributed by atoms with Gasteiger partial charge >= 0.3 is 5.97 Å². The van der Waals surface area contributed by atoms with Crippen molar-refractivity contribution < 1.29 is 19.1 Å². The standard InChI is InChI=1S/C12H10Br2O4/c1-3-17-12(16)8-5(2)18-11-7(14)4-6(13)10(15)9(8)11/h4,15H,3H2,1-2H3. The maximum absolute atomic E-state index is 11.9. The summed E-state index contributed by atoms with van der Waals surface area (Å²) in [6.07, 6.45) is 0. The average Bonchev–Trinajstić information content (AvgIpc) is 2.65. The van der Waals surface area contributed by atoms with Crippen LogP contribution in [0.15, 0.2) is 19.4 Å². The van der Waals surface area contributed by atoms with Crippen molar-refractivity contribution in [3.05, 3.63) is 26.3 Å². The monoisotopic (exact) mass is 376 g/mol. The highest BCUT2D eigenvalue weighted by Gasteiger charge is 2.24. The molecule has 2 rings (SSSR count). The number of carbonyl (C=O) groups is 1. The number of benzene rings is 1. The number of rotatable bonds is 2. The summed E-state index contributed by atoms with van der Waals surface area (Å²) in [6, 6.07) is 1.66. The number of furan rings is 1. The minimum Gasteiger partial charge on any atom is -0.506 e. The van der Waals surface area contributed by atoms with E-state index in [4.69, 9.17) is 9.15 Å². The summed E-state index contributed by atoms with van der Waals surface area (Å²) in [4.78, 5) is 11.9. The highest BCUT2D eigenvalue weighted by atomic mass is 79.9. The van der Waals surface area contributed by atoms with Crippen molar-refractivity contribution in [3.8, 4) is 5.75 Å². The van der Waals surface area contributed by atoms with Gasteiger partial charge in [0.05, 0.1) is 20.9 Å². The van der Waals surface area contributed by atoms with Gasteiger partial charge in [0.25, 0.3) is 0 Å². The molecule has 0 unspecified atom stereocenters. The SMILES string of the molecule is CCOC(=O)c1c(C)oc2c(Br)cc(Br)c(O)c12. The predicted molar refractivity (Wildman–Crippen MR) is 74.0 cm³/mol. The molecule has 18 heavy (non-hydrogen) atoms. The van der Waals surface area contributed by atoms with Gasteiger partial charge < -0.3 is 14.3 Å². The van der Waals surface area contributed by atoms with E-state index >= 15 is 0 Å². The summed E-state index contributed by atoms with van der Waals surface area (Å²) in [7, 11) is 0. The van der Waals surface area contributed by atoms with E-state index in [1.54, 1.807) is 19.9 Å². The summed E-state index contributed by atoms with van der Waals surface area (Å²) in [6.45, 7) is 3.65. The molecule has 0 aliphatic heterocycles. The zero-order valence-corrected chi connectivity index (χ0v) is 12.9. The lowest BCUT2D eigenvalue weighted by molar-refractivity contribution is 0.0526. The van der Waals surface area contributed by atoms with Crippen molar-refractivity contribution >= 4 is 48.8 Å². The summed E-state index contributed by atoms with van der Waals surface area (Å²) in [5, 5.41) is 10.4. The van der Waals surface area contributed by atoms with E-state index in [2.05, 4.69) is 31.9 Å². The third-order valence-corrected chi connectivity index (χ3v) is 3.69. The van der Waals surface area contributed by atoms with Crippen molar-refractivity contribution in [2.75, 3.05) is 6.61 Å². The fourth-order valence-corrected chi connectivity index (χ4v) is 2.99. The molecular weight excluding hydrogens is 368 g/mol. The number of esters is 1. The molecule has 0 saturated carbocycles. The van der Waals surface area contributed by atoms with Gasteiger partial charge in [-0.3, -0.25) is 0 Å². The van der Waals surface area contributed by atoms with Gasteiger partial charge in [-0.25, -0.2) is 4.79 Å². The Morgan fingerprint density at radius 1 is 1.44 bits per heavy atom. The fourth-order valence-electron chi connectivity index (χ4n) is 1.75. The molecule has 6 heteroatoms. The maximum Gasteiger partial charge on any atom is 0.342 e. The van der Waals surface area contributed by atoms with E-state index < -0.39 is 5.97 Å². The number of ether oxygens (including phenoxy) is 1. The molecule has 0 spiro atoms. The average molecular weight is 378 g/mol. The van der Waals surface area contributed by atoms with Crippen LogP contribution in [0.2, 0.25) is 0 Å². The Kier molecular flexibility index (Phi) is 3.68. The number of phenols is 1. The molecule has 1 aromatic carbocycles. The predicted octanol–water partition coefficient (Wildman–Crippen LogP) is 4.15. The number of fused-ring (bicyclic) bond motifs is 1. The van der Waals surface area contributed by atoms with Gasteiger partial charge in [0, 0.05) is 0 Å². The largest absolute Gasteiger partial charge is 0.506 e. The van der Waals surface area contributed by atoms with E-state index in [0.717, 1.165) is 0 Å². The van der Waals surface area contributed by atoms with Crippen molar-refractivity contribution in [2.24, 2.45) is 0 Å². The van der Waals surface area contributed by atoms with Crippen LogP contribution in [0, 0.1) is 6.92 Å². The van der Waals surface area contributed by atoms with Crippen LogP contribution < -0.4 is 0 Å². The zero-order valence-electron chi connectivity index (χ0n) is 9.71. The molecule has 0 amide bonds. The molecule has 1 N–H and O–H groups in total. The second-order valence-corrected chi connectivity index (χ2v) is 5.36.